The quantitative estimate of drug-likeness (QED) is 0.179. The van der Waals surface area contributed by atoms with Gasteiger partial charge in [-0.15, -0.1) is 0 Å². The Balaban J connectivity index is 0.000000216. The summed E-state index contributed by atoms with van der Waals surface area (Å²) >= 11 is 0. The fourth-order valence-corrected chi connectivity index (χ4v) is 3.62. The molecule has 10 nitrogen and oxygen atoms in total. The molecule has 206 valence electrons. The van der Waals surface area contributed by atoms with Gasteiger partial charge in [0.2, 0.25) is 0 Å². The summed E-state index contributed by atoms with van der Waals surface area (Å²) < 4.78 is 45.2. The Kier molecular flexibility index (Phi) is 10.4. The van der Waals surface area contributed by atoms with Crippen molar-refractivity contribution in [1.82, 2.24) is 19.6 Å². The number of ether oxygens (including phenoxy) is 3. The maximum atomic E-state index is 13.7. The molecule has 12 heteroatoms. The lowest BCUT2D eigenvalue weighted by Gasteiger charge is -2.07. The van der Waals surface area contributed by atoms with Crippen molar-refractivity contribution in [1.29, 1.82) is 5.41 Å². The second-order valence-electron chi connectivity index (χ2n) is 8.31. The summed E-state index contributed by atoms with van der Waals surface area (Å²) in [6.07, 6.45) is 0. The number of carbonyl (C=O) groups is 1. The third-order valence-electron chi connectivity index (χ3n) is 5.54. The number of hydrogen-bond donors (Lipinski definition) is 2. The van der Waals surface area contributed by atoms with E-state index < -0.39 is 5.97 Å². The smallest absolute Gasteiger partial charge is 0.358 e. The van der Waals surface area contributed by atoms with Crippen molar-refractivity contribution >= 4 is 11.8 Å². The maximum absolute atomic E-state index is 13.7. The third-order valence-corrected chi connectivity index (χ3v) is 5.54. The number of benzene rings is 2. The van der Waals surface area contributed by atoms with Crippen molar-refractivity contribution in [2.24, 2.45) is 5.73 Å². The van der Waals surface area contributed by atoms with Crippen molar-refractivity contribution in [2.45, 2.75) is 26.3 Å². The second kappa shape index (κ2) is 13.9. The van der Waals surface area contributed by atoms with Crippen molar-refractivity contribution < 1.29 is 27.8 Å². The van der Waals surface area contributed by atoms with Gasteiger partial charge in [0.15, 0.2) is 5.69 Å². The number of amidine groups is 1. The molecule has 0 unspecified atom stereocenters. The standard InChI is InChI=1S/C14H15FN2O3.C13H15FN4O/c1-19-9-11-7-13(14(18)20-2)16-17(11)8-10-5-3-4-6-12(10)15;1-19-8-10-6-12(13(15)16)17-18(10)7-9-4-2-3-5-11(9)14/h3-7H,8-9H2,1-2H3;2-6H,7-8H2,1H3,(H3,15,16). The Morgan fingerprint density at radius 2 is 1.26 bits per heavy atom. The number of hydrogen-bond acceptors (Lipinski definition) is 7. The predicted octanol–water partition coefficient (Wildman–Crippen LogP) is 3.50. The molecule has 0 fully saturated rings. The fourth-order valence-electron chi connectivity index (χ4n) is 3.62. The van der Waals surface area contributed by atoms with E-state index in [1.165, 1.54) is 31.0 Å². The minimum absolute atomic E-state index is 0.121. The molecule has 39 heavy (non-hydrogen) atoms. The van der Waals surface area contributed by atoms with Crippen LogP contribution in [0.3, 0.4) is 0 Å². The molecule has 0 aliphatic carbocycles. The van der Waals surface area contributed by atoms with E-state index in [0.717, 1.165) is 5.69 Å². The summed E-state index contributed by atoms with van der Waals surface area (Å²) in [5.41, 5.74) is 8.39. The van der Waals surface area contributed by atoms with Gasteiger partial charge < -0.3 is 19.9 Å². The van der Waals surface area contributed by atoms with Crippen molar-refractivity contribution in [3.05, 3.63) is 106 Å². The number of nitrogens with one attached hydrogen (secondary N) is 1. The first-order valence-electron chi connectivity index (χ1n) is 11.8. The zero-order chi connectivity index (χ0) is 28.4. The zero-order valence-corrected chi connectivity index (χ0v) is 21.9. The molecular weight excluding hydrogens is 510 g/mol. The molecule has 4 rings (SSSR count). The molecule has 0 saturated heterocycles. The lowest BCUT2D eigenvalue weighted by atomic mass is 10.2. The monoisotopic (exact) mass is 540 g/mol. The second-order valence-corrected chi connectivity index (χ2v) is 8.31. The van der Waals surface area contributed by atoms with Crippen LogP contribution in [0.4, 0.5) is 8.78 Å². The molecule has 4 aromatic rings. The van der Waals surface area contributed by atoms with Gasteiger partial charge in [0, 0.05) is 25.3 Å². The van der Waals surface area contributed by atoms with Gasteiger partial charge in [-0.1, -0.05) is 36.4 Å². The van der Waals surface area contributed by atoms with Crippen molar-refractivity contribution in [3.63, 3.8) is 0 Å². The van der Waals surface area contributed by atoms with Gasteiger partial charge in [-0.2, -0.15) is 10.2 Å². The van der Waals surface area contributed by atoms with Crippen LogP contribution >= 0.6 is 0 Å². The molecule has 3 N–H and O–H groups in total. The molecule has 2 aromatic heterocycles. The lowest BCUT2D eigenvalue weighted by Crippen LogP contribution is -2.13. The van der Waals surface area contributed by atoms with Crippen LogP contribution in [-0.2, 0) is 40.5 Å². The lowest BCUT2D eigenvalue weighted by molar-refractivity contribution is 0.0593. The van der Waals surface area contributed by atoms with E-state index in [2.05, 4.69) is 14.9 Å². The van der Waals surface area contributed by atoms with Gasteiger partial charge in [-0.25, -0.2) is 13.6 Å². The molecule has 0 radical (unpaired) electrons. The van der Waals surface area contributed by atoms with Gasteiger partial charge in [0.25, 0.3) is 0 Å². The highest BCUT2D eigenvalue weighted by atomic mass is 19.1. The molecule has 0 aliphatic rings. The van der Waals surface area contributed by atoms with Crippen LogP contribution in [0.15, 0.2) is 60.7 Å². The normalized spacial score (nSPS) is 10.6. The number of carbonyl (C=O) groups excluding carboxylic acids is 1. The molecule has 0 saturated carbocycles. The van der Waals surface area contributed by atoms with E-state index in [1.807, 2.05) is 0 Å². The molecule has 2 aromatic carbocycles. The van der Waals surface area contributed by atoms with Gasteiger partial charge in [0.1, 0.15) is 23.2 Å². The minimum atomic E-state index is -0.533. The molecular formula is C27H30F2N6O4. The van der Waals surface area contributed by atoms with Crippen molar-refractivity contribution in [2.75, 3.05) is 21.3 Å². The summed E-state index contributed by atoms with van der Waals surface area (Å²) in [7, 11) is 4.39. The Hall–Kier alpha value is -4.42. The van der Waals surface area contributed by atoms with Gasteiger partial charge >= 0.3 is 5.97 Å². The average molecular weight is 541 g/mol. The number of nitrogens with zero attached hydrogens (tertiary/aromatic N) is 4. The van der Waals surface area contributed by atoms with E-state index in [9.17, 15) is 13.6 Å². The largest absolute Gasteiger partial charge is 0.464 e. The van der Waals surface area contributed by atoms with Crippen LogP contribution < -0.4 is 5.73 Å². The highest BCUT2D eigenvalue weighted by Crippen LogP contribution is 2.14. The van der Waals surface area contributed by atoms with Crippen LogP contribution in [0, 0.1) is 17.0 Å². The number of rotatable bonds is 10. The van der Waals surface area contributed by atoms with Crippen LogP contribution in [0.2, 0.25) is 0 Å². The molecule has 2 heterocycles. The van der Waals surface area contributed by atoms with E-state index >= 15 is 0 Å². The molecule has 0 amide bonds. The SMILES string of the molecule is COCc1cc(C(=N)N)nn1Cc1ccccc1F.COCc1cc(C(=O)OC)nn1Cc1ccccc1F. The number of halogens is 2. The molecule has 0 aliphatic heterocycles. The highest BCUT2D eigenvalue weighted by molar-refractivity contribution is 5.93. The van der Waals surface area contributed by atoms with E-state index in [0.29, 0.717) is 29.1 Å². The zero-order valence-electron chi connectivity index (χ0n) is 21.9. The van der Waals surface area contributed by atoms with Gasteiger partial charge in [0.05, 0.1) is 44.8 Å². The summed E-state index contributed by atoms with van der Waals surface area (Å²) in [6, 6.07) is 16.2. The summed E-state index contributed by atoms with van der Waals surface area (Å²) in [4.78, 5) is 11.5. The summed E-state index contributed by atoms with van der Waals surface area (Å²) in [5, 5.41) is 15.7. The number of methoxy groups -OCH3 is 3. The molecule has 0 spiro atoms. The van der Waals surface area contributed by atoms with Crippen LogP contribution in [-0.4, -0.2) is 52.7 Å². The Labute approximate surface area is 224 Å². The van der Waals surface area contributed by atoms with Crippen molar-refractivity contribution in [3.8, 4) is 0 Å². The van der Waals surface area contributed by atoms with Crippen LogP contribution in [0.1, 0.15) is 38.7 Å². The van der Waals surface area contributed by atoms with Crippen LogP contribution in [0.25, 0.3) is 0 Å². The molecule has 0 atom stereocenters. The number of aromatic nitrogens is 4. The van der Waals surface area contributed by atoms with E-state index in [4.69, 9.17) is 20.6 Å². The number of nitrogens with two attached hydrogens (primary N) is 1. The van der Waals surface area contributed by atoms with E-state index in [-0.39, 0.29) is 42.9 Å². The average Bonchev–Trinajstić information content (AvgIpc) is 3.51. The predicted molar refractivity (Wildman–Crippen MR) is 139 cm³/mol. The van der Waals surface area contributed by atoms with Gasteiger partial charge in [-0.3, -0.25) is 14.8 Å². The number of esters is 1. The maximum Gasteiger partial charge on any atom is 0.358 e. The fraction of sp³-hybridized carbons (Fsp3) is 0.259. The Bertz CT molecular complexity index is 1420. The Morgan fingerprint density at radius 1 is 0.821 bits per heavy atom. The first kappa shape index (κ1) is 29.1. The highest BCUT2D eigenvalue weighted by Gasteiger charge is 2.16. The summed E-state index contributed by atoms with van der Waals surface area (Å²) in [6.45, 7) is 1.11. The number of nitrogen functional groups attached to an aromatic ring is 1. The first-order chi connectivity index (χ1) is 18.8. The van der Waals surface area contributed by atoms with Crippen LogP contribution in [0.5, 0.6) is 0 Å². The Morgan fingerprint density at radius 3 is 1.67 bits per heavy atom. The molecule has 0 bridgehead atoms. The summed E-state index contributed by atoms with van der Waals surface area (Å²) in [5.74, 6) is -1.25. The third kappa shape index (κ3) is 7.79. The van der Waals surface area contributed by atoms with Gasteiger partial charge in [-0.05, 0) is 24.3 Å². The van der Waals surface area contributed by atoms with E-state index in [1.54, 1.807) is 60.3 Å². The first-order valence-corrected chi connectivity index (χ1v) is 11.8. The topological polar surface area (TPSA) is 130 Å². The minimum Gasteiger partial charge on any atom is -0.464 e.